The van der Waals surface area contributed by atoms with Gasteiger partial charge in [0.05, 0.1) is 12.7 Å². The van der Waals surface area contributed by atoms with E-state index in [4.69, 9.17) is 9.47 Å². The lowest BCUT2D eigenvalue weighted by Crippen LogP contribution is -2.39. The van der Waals surface area contributed by atoms with Crippen molar-refractivity contribution < 1.29 is 9.47 Å². The largest absolute Gasteiger partial charge is 0.381 e. The van der Waals surface area contributed by atoms with Crippen molar-refractivity contribution in [3.05, 3.63) is 24.4 Å². The van der Waals surface area contributed by atoms with Crippen LogP contribution in [0.2, 0.25) is 0 Å². The van der Waals surface area contributed by atoms with Gasteiger partial charge in [-0.05, 0) is 25.0 Å². The van der Waals surface area contributed by atoms with E-state index in [1.54, 1.807) is 0 Å². The van der Waals surface area contributed by atoms with E-state index in [2.05, 4.69) is 15.2 Å². The third-order valence-electron chi connectivity index (χ3n) is 5.38. The zero-order chi connectivity index (χ0) is 14.8. The molecule has 1 aromatic rings. The molecule has 0 aliphatic carbocycles. The van der Waals surface area contributed by atoms with E-state index in [1.807, 2.05) is 24.4 Å². The Kier molecular flexibility index (Phi) is 4.28. The Labute approximate surface area is 132 Å². The third-order valence-corrected chi connectivity index (χ3v) is 5.38. The zero-order valence-electron chi connectivity index (χ0n) is 13.0. The Morgan fingerprint density at radius 3 is 2.95 bits per heavy atom. The number of aromatic nitrogens is 1. The van der Waals surface area contributed by atoms with E-state index in [-0.39, 0.29) is 0 Å². The van der Waals surface area contributed by atoms with Crippen molar-refractivity contribution in [3.63, 3.8) is 0 Å². The Balaban J connectivity index is 1.32. The highest BCUT2D eigenvalue weighted by atomic mass is 16.5. The normalized spacial score (nSPS) is 33.0. The van der Waals surface area contributed by atoms with Crippen molar-refractivity contribution in [2.24, 2.45) is 11.8 Å². The van der Waals surface area contributed by atoms with Crippen LogP contribution >= 0.6 is 0 Å². The van der Waals surface area contributed by atoms with Crippen LogP contribution in [0.5, 0.6) is 0 Å². The third kappa shape index (κ3) is 2.98. The first-order valence-electron chi connectivity index (χ1n) is 8.48. The van der Waals surface area contributed by atoms with Crippen LogP contribution in [-0.4, -0.2) is 61.5 Å². The molecule has 3 saturated heterocycles. The summed E-state index contributed by atoms with van der Waals surface area (Å²) < 4.78 is 11.6. The van der Waals surface area contributed by atoms with Gasteiger partial charge >= 0.3 is 0 Å². The highest BCUT2D eigenvalue weighted by molar-refractivity contribution is 5.33. The first kappa shape index (κ1) is 14.4. The van der Waals surface area contributed by atoms with Crippen LogP contribution in [0.25, 0.3) is 0 Å². The van der Waals surface area contributed by atoms with Gasteiger partial charge in [-0.2, -0.15) is 0 Å². The summed E-state index contributed by atoms with van der Waals surface area (Å²) in [6.45, 7) is 5.97. The highest BCUT2D eigenvalue weighted by Gasteiger charge is 2.45. The molecule has 3 fully saturated rings. The molecule has 4 heterocycles. The maximum Gasteiger partial charge on any atom is 0.125 e. The van der Waals surface area contributed by atoms with Crippen LogP contribution in [0.3, 0.4) is 0 Å². The number of fused-ring (bicyclic) bond motifs is 1. The molecule has 0 radical (unpaired) electrons. The Morgan fingerprint density at radius 1 is 1.23 bits per heavy atom. The molecule has 0 bridgehead atoms. The predicted molar refractivity (Wildman–Crippen MR) is 84.9 cm³/mol. The van der Waals surface area contributed by atoms with Crippen molar-refractivity contribution in [2.45, 2.75) is 25.0 Å². The fraction of sp³-hybridized carbons (Fsp3) is 0.706. The van der Waals surface area contributed by atoms with Crippen molar-refractivity contribution in [2.75, 3.05) is 44.8 Å². The van der Waals surface area contributed by atoms with E-state index in [0.717, 1.165) is 38.7 Å². The van der Waals surface area contributed by atoms with Gasteiger partial charge in [-0.3, -0.25) is 4.90 Å². The molecule has 3 aliphatic heterocycles. The lowest BCUT2D eigenvalue weighted by Gasteiger charge is -2.31. The number of hydrogen-bond donors (Lipinski definition) is 1. The summed E-state index contributed by atoms with van der Waals surface area (Å²) in [6, 6.07) is 6.69. The van der Waals surface area contributed by atoms with Gasteiger partial charge in [-0.15, -0.1) is 0 Å². The minimum absolute atomic E-state index is 0.429. The van der Waals surface area contributed by atoms with Gasteiger partial charge in [0, 0.05) is 56.9 Å². The van der Waals surface area contributed by atoms with Crippen molar-refractivity contribution in [1.29, 1.82) is 0 Å². The molecular weight excluding hydrogens is 278 g/mol. The standard InChI is InChI=1S/C17H25N3O2/c1-2-6-18-17(3-1)19-9-13-12-22-16-11-20(10-15(13)16)14-4-7-21-8-5-14/h1-3,6,13-16H,4-5,7-12H2,(H,18,19)/t13-,15-,16-/m1/s1. The van der Waals surface area contributed by atoms with Crippen LogP contribution in [0.15, 0.2) is 24.4 Å². The Morgan fingerprint density at radius 2 is 2.14 bits per heavy atom. The number of anilines is 1. The topological polar surface area (TPSA) is 46.6 Å². The fourth-order valence-corrected chi connectivity index (χ4v) is 4.09. The second-order valence-electron chi connectivity index (χ2n) is 6.69. The predicted octanol–water partition coefficient (Wildman–Crippen LogP) is 1.62. The SMILES string of the molecule is c1ccc(NC[C@@H]2CO[C@@H]3CN(C4CCOCC4)C[C@H]23)nc1. The Bertz CT molecular complexity index is 478. The maximum atomic E-state index is 6.07. The minimum atomic E-state index is 0.429. The van der Waals surface area contributed by atoms with Crippen LogP contribution in [0, 0.1) is 11.8 Å². The molecule has 22 heavy (non-hydrogen) atoms. The number of nitrogens with zero attached hydrogens (tertiary/aromatic N) is 2. The number of pyridine rings is 1. The minimum Gasteiger partial charge on any atom is -0.381 e. The fourth-order valence-electron chi connectivity index (χ4n) is 4.09. The van der Waals surface area contributed by atoms with E-state index in [1.165, 1.54) is 19.4 Å². The maximum absolute atomic E-state index is 6.07. The van der Waals surface area contributed by atoms with E-state index in [9.17, 15) is 0 Å². The zero-order valence-corrected chi connectivity index (χ0v) is 13.0. The van der Waals surface area contributed by atoms with Gasteiger partial charge in [0.15, 0.2) is 0 Å². The second kappa shape index (κ2) is 6.52. The second-order valence-corrected chi connectivity index (χ2v) is 6.69. The number of ether oxygens (including phenoxy) is 2. The van der Waals surface area contributed by atoms with Crippen LogP contribution < -0.4 is 5.32 Å². The summed E-state index contributed by atoms with van der Waals surface area (Å²) in [7, 11) is 0. The quantitative estimate of drug-likeness (QED) is 0.916. The summed E-state index contributed by atoms with van der Waals surface area (Å²) >= 11 is 0. The summed E-state index contributed by atoms with van der Waals surface area (Å²) in [5.74, 6) is 2.22. The van der Waals surface area contributed by atoms with E-state index in [0.29, 0.717) is 24.0 Å². The highest BCUT2D eigenvalue weighted by Crippen LogP contribution is 2.35. The number of hydrogen-bond acceptors (Lipinski definition) is 5. The molecule has 5 nitrogen and oxygen atoms in total. The van der Waals surface area contributed by atoms with Gasteiger partial charge in [0.1, 0.15) is 5.82 Å². The van der Waals surface area contributed by atoms with E-state index >= 15 is 0 Å². The summed E-state index contributed by atoms with van der Waals surface area (Å²) in [5.41, 5.74) is 0. The van der Waals surface area contributed by atoms with Crippen LogP contribution in [-0.2, 0) is 9.47 Å². The van der Waals surface area contributed by atoms with Crippen LogP contribution in [0.4, 0.5) is 5.82 Å². The molecule has 1 aromatic heterocycles. The number of rotatable bonds is 4. The van der Waals surface area contributed by atoms with Gasteiger partial charge in [0.25, 0.3) is 0 Å². The molecule has 0 saturated carbocycles. The van der Waals surface area contributed by atoms with Gasteiger partial charge in [-0.1, -0.05) is 6.07 Å². The number of likely N-dealkylation sites (tertiary alicyclic amines) is 1. The average molecular weight is 303 g/mol. The molecular formula is C17H25N3O2. The molecule has 3 atom stereocenters. The first-order chi connectivity index (χ1) is 10.9. The molecule has 1 N–H and O–H groups in total. The smallest absolute Gasteiger partial charge is 0.125 e. The van der Waals surface area contributed by atoms with Gasteiger partial charge in [-0.25, -0.2) is 4.98 Å². The van der Waals surface area contributed by atoms with Crippen molar-refractivity contribution in [1.82, 2.24) is 9.88 Å². The molecule has 120 valence electrons. The van der Waals surface area contributed by atoms with E-state index < -0.39 is 0 Å². The Hall–Kier alpha value is -1.17. The molecule has 0 aromatic carbocycles. The summed E-state index contributed by atoms with van der Waals surface area (Å²) in [5, 5.41) is 3.46. The average Bonchev–Trinajstić information content (AvgIpc) is 3.16. The molecule has 0 amide bonds. The molecule has 0 spiro atoms. The number of nitrogens with one attached hydrogen (secondary N) is 1. The lowest BCUT2D eigenvalue weighted by atomic mass is 9.93. The van der Waals surface area contributed by atoms with Crippen molar-refractivity contribution in [3.8, 4) is 0 Å². The van der Waals surface area contributed by atoms with Crippen LogP contribution in [0.1, 0.15) is 12.8 Å². The monoisotopic (exact) mass is 303 g/mol. The molecule has 0 unspecified atom stereocenters. The molecule has 3 aliphatic rings. The summed E-state index contributed by atoms with van der Waals surface area (Å²) in [4.78, 5) is 6.98. The summed E-state index contributed by atoms with van der Waals surface area (Å²) in [6.07, 6.45) is 4.61. The van der Waals surface area contributed by atoms with Gasteiger partial charge < -0.3 is 14.8 Å². The lowest BCUT2D eigenvalue weighted by molar-refractivity contribution is 0.0286. The van der Waals surface area contributed by atoms with Gasteiger partial charge in [0.2, 0.25) is 0 Å². The molecule has 4 rings (SSSR count). The first-order valence-corrected chi connectivity index (χ1v) is 8.48. The molecule has 5 heteroatoms. The van der Waals surface area contributed by atoms with Crippen molar-refractivity contribution >= 4 is 5.82 Å².